The number of thiazole rings is 1. The molecule has 1 aromatic heterocycles. The van der Waals surface area contributed by atoms with Crippen LogP contribution in [0.2, 0.25) is 0 Å². The van der Waals surface area contributed by atoms with E-state index in [9.17, 15) is 0 Å². The van der Waals surface area contributed by atoms with Crippen LogP contribution in [-0.4, -0.2) is 21.9 Å². The van der Waals surface area contributed by atoms with E-state index in [2.05, 4.69) is 38.0 Å². The second kappa shape index (κ2) is 6.06. The predicted molar refractivity (Wildman–Crippen MR) is 81.5 cm³/mol. The van der Waals surface area contributed by atoms with Gasteiger partial charge in [0.25, 0.3) is 0 Å². The van der Waals surface area contributed by atoms with Crippen molar-refractivity contribution in [1.82, 2.24) is 10.3 Å². The quantitative estimate of drug-likeness (QED) is 0.920. The maximum atomic E-state index is 4.80. The van der Waals surface area contributed by atoms with Crippen LogP contribution in [0.15, 0.2) is 11.2 Å². The van der Waals surface area contributed by atoms with E-state index in [0.717, 1.165) is 15.9 Å². The summed E-state index contributed by atoms with van der Waals surface area (Å²) >= 11 is 3.58. The van der Waals surface area contributed by atoms with Gasteiger partial charge in [0.05, 0.1) is 12.1 Å². The highest BCUT2D eigenvalue weighted by atomic mass is 32.2. The van der Waals surface area contributed by atoms with Gasteiger partial charge in [-0.25, -0.2) is 4.98 Å². The molecule has 2 rings (SSSR count). The molecule has 100 valence electrons. The second-order valence-electron chi connectivity index (χ2n) is 5.06. The Morgan fingerprint density at radius 3 is 2.78 bits per heavy atom. The summed E-state index contributed by atoms with van der Waals surface area (Å²) in [6, 6.07) is 0.722. The fourth-order valence-electron chi connectivity index (χ4n) is 1.91. The Bertz CT molecular complexity index is 426. The van der Waals surface area contributed by atoms with Crippen molar-refractivity contribution >= 4 is 28.3 Å². The fraction of sp³-hybridized carbons (Fsp3) is 0.692. The van der Waals surface area contributed by atoms with Crippen LogP contribution in [0.25, 0.3) is 0 Å². The number of amidine groups is 1. The summed E-state index contributed by atoms with van der Waals surface area (Å²) < 4.78 is 0. The van der Waals surface area contributed by atoms with Gasteiger partial charge in [-0.15, -0.1) is 11.3 Å². The van der Waals surface area contributed by atoms with Crippen molar-refractivity contribution < 1.29 is 0 Å². The first-order valence-corrected chi connectivity index (χ1v) is 8.26. The molecule has 1 aromatic rings. The molecule has 2 atom stereocenters. The summed E-state index contributed by atoms with van der Waals surface area (Å²) in [5.74, 6) is 1.79. The van der Waals surface area contributed by atoms with Crippen molar-refractivity contribution in [3.63, 3.8) is 0 Å². The molecule has 0 bridgehead atoms. The Hall–Kier alpha value is -0.550. The van der Waals surface area contributed by atoms with Gasteiger partial charge >= 0.3 is 0 Å². The highest BCUT2D eigenvalue weighted by Crippen LogP contribution is 2.24. The van der Waals surface area contributed by atoms with Crippen molar-refractivity contribution in [2.45, 2.75) is 46.2 Å². The monoisotopic (exact) mass is 283 g/mol. The van der Waals surface area contributed by atoms with E-state index in [1.54, 1.807) is 11.3 Å². The molecule has 1 aliphatic rings. The smallest absolute Gasteiger partial charge is 0.157 e. The number of nitrogens with zero attached hydrogens (tertiary/aromatic N) is 2. The van der Waals surface area contributed by atoms with Gasteiger partial charge in [0.2, 0.25) is 0 Å². The summed E-state index contributed by atoms with van der Waals surface area (Å²) in [6.07, 6.45) is 3.13. The summed E-state index contributed by atoms with van der Waals surface area (Å²) in [6.45, 7) is 8.74. The van der Waals surface area contributed by atoms with E-state index in [4.69, 9.17) is 4.99 Å². The number of hydrogen-bond acceptors (Lipinski definition) is 5. The lowest BCUT2D eigenvalue weighted by Gasteiger charge is -2.24. The maximum absolute atomic E-state index is 4.80. The van der Waals surface area contributed by atoms with Gasteiger partial charge in [-0.1, -0.05) is 25.6 Å². The van der Waals surface area contributed by atoms with Crippen molar-refractivity contribution in [2.75, 3.05) is 5.75 Å². The standard InChI is InChI=1S/C13H21N3S2/c1-8(2)11-5-6-17-13(16-11)15-10(4)12-14-7-9(3)18-12/h7-8,10-11H,5-6H2,1-4H3,(H,15,16). The molecular weight excluding hydrogens is 262 g/mol. The highest BCUT2D eigenvalue weighted by Gasteiger charge is 2.20. The highest BCUT2D eigenvalue weighted by molar-refractivity contribution is 8.13. The normalized spacial score (nSPS) is 21.8. The summed E-state index contributed by atoms with van der Waals surface area (Å²) in [4.78, 5) is 10.5. The minimum Gasteiger partial charge on any atom is -0.356 e. The Morgan fingerprint density at radius 2 is 2.17 bits per heavy atom. The molecule has 0 aliphatic carbocycles. The second-order valence-corrected chi connectivity index (χ2v) is 7.41. The average molecular weight is 283 g/mol. The van der Waals surface area contributed by atoms with E-state index < -0.39 is 0 Å². The minimum absolute atomic E-state index is 0.251. The molecule has 0 amide bonds. The molecule has 0 radical (unpaired) electrons. The molecule has 0 aromatic carbocycles. The molecule has 0 saturated heterocycles. The zero-order valence-electron chi connectivity index (χ0n) is 11.4. The lowest BCUT2D eigenvalue weighted by Crippen LogP contribution is -2.30. The third-order valence-corrected chi connectivity index (χ3v) is 5.09. The van der Waals surface area contributed by atoms with Crippen molar-refractivity contribution in [3.8, 4) is 0 Å². The number of aliphatic imine (C=N–C) groups is 1. The van der Waals surface area contributed by atoms with Crippen LogP contribution in [0.1, 0.15) is 43.1 Å². The molecule has 3 nitrogen and oxygen atoms in total. The lowest BCUT2D eigenvalue weighted by atomic mass is 10.0. The molecule has 18 heavy (non-hydrogen) atoms. The number of rotatable bonds is 3. The summed E-state index contributed by atoms with van der Waals surface area (Å²) in [7, 11) is 0. The molecular formula is C13H21N3S2. The van der Waals surface area contributed by atoms with E-state index >= 15 is 0 Å². The number of aryl methyl sites for hydroxylation is 1. The molecule has 0 spiro atoms. The summed E-state index contributed by atoms with van der Waals surface area (Å²) in [5, 5.41) is 5.72. The van der Waals surface area contributed by atoms with Crippen LogP contribution < -0.4 is 5.32 Å². The van der Waals surface area contributed by atoms with Crippen LogP contribution in [-0.2, 0) is 0 Å². The first kappa shape index (κ1) is 13.9. The van der Waals surface area contributed by atoms with Gasteiger partial charge in [0, 0.05) is 16.8 Å². The van der Waals surface area contributed by atoms with Crippen LogP contribution in [0.3, 0.4) is 0 Å². The van der Waals surface area contributed by atoms with Crippen molar-refractivity contribution in [3.05, 3.63) is 16.1 Å². The van der Waals surface area contributed by atoms with E-state index in [1.165, 1.54) is 11.3 Å². The number of thioether (sulfide) groups is 1. The van der Waals surface area contributed by atoms with Crippen molar-refractivity contribution in [2.24, 2.45) is 10.9 Å². The number of hydrogen-bond donors (Lipinski definition) is 1. The van der Waals surface area contributed by atoms with Crippen LogP contribution in [0.5, 0.6) is 0 Å². The van der Waals surface area contributed by atoms with Gasteiger partial charge < -0.3 is 5.32 Å². The van der Waals surface area contributed by atoms with Gasteiger partial charge in [-0.2, -0.15) is 0 Å². The summed E-state index contributed by atoms with van der Waals surface area (Å²) in [5.41, 5.74) is 0. The third-order valence-electron chi connectivity index (χ3n) is 3.05. The van der Waals surface area contributed by atoms with Gasteiger partial charge in [0.15, 0.2) is 5.17 Å². The van der Waals surface area contributed by atoms with Crippen LogP contribution in [0.4, 0.5) is 0 Å². The number of aromatic nitrogens is 1. The largest absolute Gasteiger partial charge is 0.356 e. The Kier molecular flexibility index (Phi) is 4.67. The zero-order valence-corrected chi connectivity index (χ0v) is 13.1. The Balaban J connectivity index is 2.00. The Morgan fingerprint density at radius 1 is 1.39 bits per heavy atom. The lowest BCUT2D eigenvalue weighted by molar-refractivity contribution is 0.482. The van der Waals surface area contributed by atoms with Gasteiger partial charge in [-0.3, -0.25) is 4.99 Å². The van der Waals surface area contributed by atoms with Crippen molar-refractivity contribution in [1.29, 1.82) is 0 Å². The first-order valence-electron chi connectivity index (χ1n) is 6.45. The molecule has 5 heteroatoms. The SMILES string of the molecule is Cc1cnc(C(C)NC2=NC(C(C)C)CCS2)s1. The fourth-order valence-corrected chi connectivity index (χ4v) is 3.71. The molecule has 1 aliphatic heterocycles. The minimum atomic E-state index is 0.251. The van der Waals surface area contributed by atoms with Gasteiger partial charge in [0.1, 0.15) is 5.01 Å². The maximum Gasteiger partial charge on any atom is 0.157 e. The molecule has 2 unspecified atom stereocenters. The number of nitrogens with one attached hydrogen (secondary N) is 1. The van der Waals surface area contributed by atoms with E-state index in [-0.39, 0.29) is 6.04 Å². The molecule has 0 fully saturated rings. The topological polar surface area (TPSA) is 37.3 Å². The Labute approximate surface area is 118 Å². The zero-order chi connectivity index (χ0) is 13.1. The van der Waals surface area contributed by atoms with Crippen LogP contribution >= 0.6 is 23.1 Å². The van der Waals surface area contributed by atoms with E-state index in [1.807, 2.05) is 18.0 Å². The third kappa shape index (κ3) is 3.48. The molecule has 1 N–H and O–H groups in total. The molecule has 2 heterocycles. The van der Waals surface area contributed by atoms with Gasteiger partial charge in [-0.05, 0) is 26.2 Å². The van der Waals surface area contributed by atoms with Crippen LogP contribution in [0, 0.1) is 12.8 Å². The van der Waals surface area contributed by atoms with E-state index in [0.29, 0.717) is 12.0 Å². The first-order chi connectivity index (χ1) is 8.56. The molecule has 0 saturated carbocycles. The average Bonchev–Trinajstić information content (AvgIpc) is 2.76. The predicted octanol–water partition coefficient (Wildman–Crippen LogP) is 3.62.